The number of aliphatic hydroxyl groups excluding tert-OH is 1. The number of halogens is 2. The highest BCUT2D eigenvalue weighted by Crippen LogP contribution is 2.43. The van der Waals surface area contributed by atoms with Gasteiger partial charge in [0.15, 0.2) is 0 Å². The fourth-order valence-electron chi connectivity index (χ4n) is 9.69. The molecule has 1 unspecified atom stereocenters. The molecule has 52 heavy (non-hydrogen) atoms. The summed E-state index contributed by atoms with van der Waals surface area (Å²) in [6.07, 6.45) is 8.85. The number of carbonyl (C=O) groups is 3. The minimum Gasteiger partial charge on any atom is -1.00 e. The largest absolute Gasteiger partial charge is 1.00 e. The van der Waals surface area contributed by atoms with Crippen molar-refractivity contribution in [2.24, 2.45) is 5.41 Å². The first kappa shape index (κ1) is 42.1. The maximum atomic E-state index is 13.5. The molecule has 2 fully saturated rings. The predicted octanol–water partition coefficient (Wildman–Crippen LogP) is 0.566. The lowest BCUT2D eigenvalue weighted by Gasteiger charge is -2.47. The molecule has 3 aromatic rings. The molecule has 3 aliphatic rings. The van der Waals surface area contributed by atoms with E-state index in [1.54, 1.807) is 0 Å². The number of quaternary nitrogens is 2. The highest BCUT2D eigenvalue weighted by atomic mass is 79.9. The molecule has 0 aliphatic carbocycles. The van der Waals surface area contributed by atoms with Gasteiger partial charge in [-0.3, -0.25) is 19.3 Å². The highest BCUT2D eigenvalue weighted by Gasteiger charge is 2.52. The molecule has 6 rings (SSSR count). The maximum Gasteiger partial charge on any atom is 0.316 e. The number of esters is 1. The number of unbranched alkanes of at least 4 members (excludes halogenated alkanes) is 3. The first-order valence-corrected chi connectivity index (χ1v) is 18.7. The molecule has 3 heterocycles. The number of amides is 2. The van der Waals surface area contributed by atoms with Crippen LogP contribution in [0.3, 0.4) is 0 Å². The van der Waals surface area contributed by atoms with Gasteiger partial charge in [-0.05, 0) is 48.8 Å². The third-order valence-electron chi connectivity index (χ3n) is 12.0. The molecule has 2 bridgehead atoms. The molecule has 8 nitrogen and oxygen atoms in total. The van der Waals surface area contributed by atoms with E-state index >= 15 is 0 Å². The number of nitrogens with zero attached hydrogens (tertiary/aromatic N) is 3. The Balaban J connectivity index is 0.00000302. The second-order valence-corrected chi connectivity index (χ2v) is 16.9. The average molecular weight is 844 g/mol. The lowest BCUT2D eigenvalue weighted by molar-refractivity contribution is -0.949. The van der Waals surface area contributed by atoms with Crippen molar-refractivity contribution in [2.75, 3.05) is 53.9 Å². The fraction of sp³-hybridized carbons (Fsp3) is 0.548. The molecule has 2 amide bonds. The van der Waals surface area contributed by atoms with E-state index in [4.69, 9.17) is 4.74 Å². The molecule has 3 aromatic carbocycles. The number of carbonyl (C=O) groups excluding carboxylic acids is 3. The van der Waals surface area contributed by atoms with E-state index in [0.29, 0.717) is 29.8 Å². The number of fused-ring (bicyclic) bond motifs is 2. The number of imide groups is 1. The van der Waals surface area contributed by atoms with Gasteiger partial charge in [-0.15, -0.1) is 0 Å². The van der Waals surface area contributed by atoms with Crippen molar-refractivity contribution >= 4 is 28.6 Å². The van der Waals surface area contributed by atoms with E-state index < -0.39 is 5.92 Å². The Morgan fingerprint density at radius 1 is 0.885 bits per heavy atom. The van der Waals surface area contributed by atoms with Crippen LogP contribution in [0.2, 0.25) is 0 Å². The Hall–Kier alpha value is -2.63. The van der Waals surface area contributed by atoms with Crippen molar-refractivity contribution in [1.29, 1.82) is 0 Å². The molecular formula is C42H57Br2N3O5. The van der Waals surface area contributed by atoms with Crippen LogP contribution in [0.4, 0.5) is 0 Å². The number of benzene rings is 3. The molecule has 1 N–H and O–H groups in total. The number of rotatable bonds is 15. The van der Waals surface area contributed by atoms with Crippen LogP contribution < -0.4 is 34.0 Å². The summed E-state index contributed by atoms with van der Waals surface area (Å²) < 4.78 is 7.97. The predicted molar refractivity (Wildman–Crippen MR) is 197 cm³/mol. The fourth-order valence-corrected chi connectivity index (χ4v) is 9.69. The summed E-state index contributed by atoms with van der Waals surface area (Å²) in [5.74, 6) is -1.30. The second kappa shape index (κ2) is 17.2. The van der Waals surface area contributed by atoms with Gasteiger partial charge >= 0.3 is 5.97 Å². The van der Waals surface area contributed by atoms with Gasteiger partial charge in [-0.1, -0.05) is 68.4 Å². The number of ether oxygens (including phenoxy) is 1. The summed E-state index contributed by atoms with van der Waals surface area (Å²) in [6.45, 7) is 7.58. The van der Waals surface area contributed by atoms with Crippen LogP contribution in [0.5, 0.6) is 0 Å². The Morgan fingerprint density at radius 2 is 1.46 bits per heavy atom. The monoisotopic (exact) mass is 841 g/mol. The summed E-state index contributed by atoms with van der Waals surface area (Å²) >= 11 is 0. The van der Waals surface area contributed by atoms with Crippen LogP contribution in [0.15, 0.2) is 66.7 Å². The van der Waals surface area contributed by atoms with Crippen LogP contribution in [0.1, 0.15) is 97.4 Å². The van der Waals surface area contributed by atoms with Crippen molar-refractivity contribution in [2.45, 2.75) is 89.3 Å². The number of aliphatic hydroxyl groups is 1. The number of piperidine rings is 1. The number of hydrogen-bond donors (Lipinski definition) is 1. The van der Waals surface area contributed by atoms with Crippen LogP contribution in [0, 0.1) is 5.41 Å². The minimum atomic E-state index is -0.622. The van der Waals surface area contributed by atoms with E-state index in [0.717, 1.165) is 57.7 Å². The highest BCUT2D eigenvalue weighted by molar-refractivity contribution is 6.25. The molecule has 3 atom stereocenters. The lowest BCUT2D eigenvalue weighted by Crippen LogP contribution is -3.00. The van der Waals surface area contributed by atoms with E-state index in [2.05, 4.69) is 35.0 Å². The van der Waals surface area contributed by atoms with E-state index in [1.165, 1.54) is 43.5 Å². The SMILES string of the molecule is CC(C)(CN1C(=O)c2cccc3cccc(c23)C1=O)C[N+](C)(C)CCCCCC[N+]1(C)[C@@H]2CC[C@@H]1CC(OC(=O)C(CO)c1ccccc1)C2.[Br-].[Br-]. The van der Waals surface area contributed by atoms with Gasteiger partial charge in [0.25, 0.3) is 11.8 Å². The Kier molecular flexibility index (Phi) is 14.0. The smallest absolute Gasteiger partial charge is 0.316 e. The zero-order valence-electron chi connectivity index (χ0n) is 31.5. The molecule has 3 aliphatic heterocycles. The average Bonchev–Trinajstić information content (AvgIpc) is 3.22. The summed E-state index contributed by atoms with van der Waals surface area (Å²) in [5.41, 5.74) is 1.80. The minimum absolute atomic E-state index is 0. The molecule has 0 saturated carbocycles. The van der Waals surface area contributed by atoms with Crippen molar-refractivity contribution < 1.29 is 67.2 Å². The van der Waals surface area contributed by atoms with Crippen LogP contribution >= 0.6 is 0 Å². The van der Waals surface area contributed by atoms with Crippen LogP contribution in [-0.4, -0.2) is 109 Å². The zero-order valence-corrected chi connectivity index (χ0v) is 34.7. The summed E-state index contributed by atoms with van der Waals surface area (Å²) in [5, 5.41) is 11.6. The molecule has 0 spiro atoms. The summed E-state index contributed by atoms with van der Waals surface area (Å²) in [7, 11) is 6.95. The van der Waals surface area contributed by atoms with Gasteiger partial charge < -0.3 is 52.8 Å². The van der Waals surface area contributed by atoms with Gasteiger partial charge in [0, 0.05) is 54.2 Å². The van der Waals surface area contributed by atoms with Gasteiger partial charge in [0.2, 0.25) is 0 Å². The van der Waals surface area contributed by atoms with Crippen molar-refractivity contribution in [3.63, 3.8) is 0 Å². The summed E-state index contributed by atoms with van der Waals surface area (Å²) in [4.78, 5) is 41.5. The Bertz CT molecular complexity index is 1650. The van der Waals surface area contributed by atoms with Crippen LogP contribution in [-0.2, 0) is 9.53 Å². The van der Waals surface area contributed by atoms with Gasteiger partial charge in [0.1, 0.15) is 12.0 Å². The Morgan fingerprint density at radius 3 is 2.04 bits per heavy atom. The molecular weight excluding hydrogens is 786 g/mol. The standard InChI is InChI=1S/C42H57N3O5.2BrH/c1-42(2,28-43-39(47)35-19-13-17-31-18-14-20-36(38(31)35)40(43)48)29-44(3,4)23-11-6-7-12-24-45(5)32-21-22-33(45)26-34(25-32)50-41(49)37(27-46)30-15-9-8-10-16-30;;/h8-10,13-20,32-34,37,46H,6-7,11-12,21-29H2,1-5H3;2*1H/q+2;;/p-2/t32-,33-,34?,37?,45?;;/m1../s1. The molecule has 2 saturated heterocycles. The third kappa shape index (κ3) is 9.00. The first-order chi connectivity index (χ1) is 23.8. The van der Waals surface area contributed by atoms with Crippen molar-refractivity contribution in [3.8, 4) is 0 Å². The van der Waals surface area contributed by atoms with Crippen molar-refractivity contribution in [1.82, 2.24) is 4.90 Å². The van der Waals surface area contributed by atoms with Crippen molar-refractivity contribution in [3.05, 3.63) is 83.4 Å². The quantitative estimate of drug-likeness (QED) is 0.105. The first-order valence-electron chi connectivity index (χ1n) is 18.7. The number of hydrogen-bond acceptors (Lipinski definition) is 5. The van der Waals surface area contributed by atoms with Gasteiger partial charge in [-0.25, -0.2) is 0 Å². The Labute approximate surface area is 331 Å². The maximum absolute atomic E-state index is 13.5. The lowest BCUT2D eigenvalue weighted by atomic mass is 9.88. The molecule has 0 aromatic heterocycles. The van der Waals surface area contributed by atoms with Crippen LogP contribution in [0.25, 0.3) is 10.8 Å². The second-order valence-electron chi connectivity index (χ2n) is 16.9. The van der Waals surface area contributed by atoms with Gasteiger partial charge in [0.05, 0.1) is 59.5 Å². The molecule has 284 valence electrons. The van der Waals surface area contributed by atoms with E-state index in [9.17, 15) is 19.5 Å². The molecule has 10 heteroatoms. The zero-order chi connectivity index (χ0) is 35.7. The topological polar surface area (TPSA) is 83.9 Å². The summed E-state index contributed by atoms with van der Waals surface area (Å²) in [6, 6.07) is 21.9. The van der Waals surface area contributed by atoms with Gasteiger partial charge in [-0.2, -0.15) is 0 Å². The third-order valence-corrected chi connectivity index (χ3v) is 12.0. The van der Waals surface area contributed by atoms with E-state index in [-0.39, 0.29) is 69.9 Å². The molecule has 0 radical (unpaired) electrons. The normalized spacial score (nSPS) is 23.2. The van der Waals surface area contributed by atoms with E-state index in [1.807, 2.05) is 66.7 Å².